The molecule has 0 unspecified atom stereocenters. The molecule has 0 saturated heterocycles. The second-order valence-electron chi connectivity index (χ2n) is 15.4. The first-order valence-electron chi connectivity index (χ1n) is 18.4. The number of anilines is 1. The highest BCUT2D eigenvalue weighted by Gasteiger charge is 2.30. The normalized spacial score (nSPS) is 16.4. The number of rotatable bonds is 12. The summed E-state index contributed by atoms with van der Waals surface area (Å²) in [6.45, 7) is 11.7. The molecule has 4 amide bonds. The van der Waals surface area contributed by atoms with E-state index in [1.165, 1.54) is 12.3 Å². The number of benzene rings is 3. The van der Waals surface area contributed by atoms with Crippen molar-refractivity contribution >= 4 is 46.4 Å². The zero-order valence-corrected chi connectivity index (χ0v) is 31.7. The number of carbonyl (C=O) groups is 5. The Balaban J connectivity index is 1.30. The third kappa shape index (κ3) is 10.5. The predicted molar refractivity (Wildman–Crippen MR) is 206 cm³/mol. The Hall–Kier alpha value is -5.72. The van der Waals surface area contributed by atoms with Crippen LogP contribution in [0.4, 0.5) is 10.5 Å². The van der Waals surface area contributed by atoms with Gasteiger partial charge in [-0.05, 0) is 120 Å². The van der Waals surface area contributed by atoms with E-state index in [9.17, 15) is 29.1 Å². The number of aromatic amines is 1. The molecule has 13 nitrogen and oxygen atoms in total. The van der Waals surface area contributed by atoms with Crippen LogP contribution in [0.1, 0.15) is 92.1 Å². The van der Waals surface area contributed by atoms with Gasteiger partial charge in [-0.3, -0.25) is 19.5 Å². The first-order chi connectivity index (χ1) is 25.6. The standard InChI is InChI=1S/C41H50N6O7/c1-23(2)44-37(49)29-15-16-31(24(3)17-29)27-11-7-25(8-12-27)18-35(38(50)45-30-19-32(39(51)52)33-22-43-47-34(33)20-30)46-36(48)28-13-9-26(10-14-28)21-42-40(53)54-41(4,5)6/h7-8,11-12,15-17,19-20,22-23,26,28,35H,9-10,13-14,18,21H2,1-6H3,(H,42,53)(H,43,47)(H,44,49)(H,45,50)(H,46,48)(H,51,52)/t26-,28-,35-/m0/s1. The van der Waals surface area contributed by atoms with Crippen molar-refractivity contribution in [3.05, 3.63) is 83.0 Å². The topological polar surface area (TPSA) is 192 Å². The molecule has 1 atom stereocenters. The number of aromatic nitrogens is 2. The Morgan fingerprint density at radius 2 is 1.65 bits per heavy atom. The highest BCUT2D eigenvalue weighted by molar-refractivity contribution is 6.06. The van der Waals surface area contributed by atoms with Crippen molar-refractivity contribution in [1.82, 2.24) is 26.1 Å². The van der Waals surface area contributed by atoms with Crippen LogP contribution in [-0.2, 0) is 20.7 Å². The number of fused-ring (bicyclic) bond motifs is 1. The summed E-state index contributed by atoms with van der Waals surface area (Å²) < 4.78 is 5.34. The van der Waals surface area contributed by atoms with Crippen LogP contribution in [0.25, 0.3) is 22.0 Å². The lowest BCUT2D eigenvalue weighted by Crippen LogP contribution is -2.48. The molecule has 0 aliphatic heterocycles. The van der Waals surface area contributed by atoms with E-state index in [2.05, 4.69) is 31.5 Å². The van der Waals surface area contributed by atoms with E-state index < -0.39 is 29.6 Å². The molecule has 3 aromatic carbocycles. The SMILES string of the molecule is Cc1cc(C(=O)NC(C)C)ccc1-c1ccc(C[C@H](NC(=O)[C@H]2CC[C@H](CNC(=O)OC(C)(C)C)CC2)C(=O)Nc2cc(C(=O)O)c3cn[nH]c3c2)cc1. The van der Waals surface area contributed by atoms with Crippen LogP contribution in [-0.4, -0.2) is 69.3 Å². The van der Waals surface area contributed by atoms with Gasteiger partial charge in [0.25, 0.3) is 5.91 Å². The van der Waals surface area contributed by atoms with E-state index in [1.54, 1.807) is 12.1 Å². The number of ether oxygens (including phenoxy) is 1. The molecular weight excluding hydrogens is 688 g/mol. The first-order valence-corrected chi connectivity index (χ1v) is 18.4. The van der Waals surface area contributed by atoms with Crippen molar-refractivity contribution in [2.45, 2.75) is 91.3 Å². The number of amides is 4. The molecule has 286 valence electrons. The molecule has 13 heteroatoms. The van der Waals surface area contributed by atoms with Gasteiger partial charge < -0.3 is 31.1 Å². The summed E-state index contributed by atoms with van der Waals surface area (Å²) in [5.41, 5.74) is 4.31. The number of H-pyrrole nitrogens is 1. The molecule has 0 spiro atoms. The summed E-state index contributed by atoms with van der Waals surface area (Å²) in [6, 6.07) is 15.3. The van der Waals surface area contributed by atoms with Gasteiger partial charge in [-0.1, -0.05) is 30.3 Å². The van der Waals surface area contributed by atoms with Crippen molar-refractivity contribution in [2.75, 3.05) is 11.9 Å². The lowest BCUT2D eigenvalue weighted by atomic mass is 9.81. The highest BCUT2D eigenvalue weighted by atomic mass is 16.6. The monoisotopic (exact) mass is 738 g/mol. The molecule has 0 radical (unpaired) electrons. The second kappa shape index (κ2) is 17.0. The van der Waals surface area contributed by atoms with Crippen LogP contribution in [0, 0.1) is 18.8 Å². The minimum Gasteiger partial charge on any atom is -0.478 e. The van der Waals surface area contributed by atoms with Crippen LogP contribution in [0.3, 0.4) is 0 Å². The molecule has 1 fully saturated rings. The minimum absolute atomic E-state index is 0.0190. The van der Waals surface area contributed by atoms with Crippen LogP contribution < -0.4 is 21.3 Å². The minimum atomic E-state index is -1.16. The average molecular weight is 739 g/mol. The number of hydrogen-bond acceptors (Lipinski definition) is 7. The van der Waals surface area contributed by atoms with Gasteiger partial charge in [0.1, 0.15) is 11.6 Å². The number of aryl methyl sites for hydroxylation is 1. The molecule has 1 aliphatic carbocycles. The Bertz CT molecular complexity index is 2010. The third-order valence-corrected chi connectivity index (χ3v) is 9.45. The fourth-order valence-corrected chi connectivity index (χ4v) is 6.73. The average Bonchev–Trinajstić information content (AvgIpc) is 3.58. The molecule has 54 heavy (non-hydrogen) atoms. The molecule has 1 saturated carbocycles. The Labute approximate surface area is 315 Å². The van der Waals surface area contributed by atoms with E-state index in [4.69, 9.17) is 4.74 Å². The number of carbonyl (C=O) groups excluding carboxylic acids is 4. The number of aromatic carboxylic acids is 1. The molecule has 4 aromatic rings. The lowest BCUT2D eigenvalue weighted by molar-refractivity contribution is -0.130. The fraction of sp³-hybridized carbons (Fsp3) is 0.415. The number of nitrogens with zero attached hydrogens (tertiary/aromatic N) is 1. The summed E-state index contributed by atoms with van der Waals surface area (Å²) in [5.74, 6) is -2.14. The van der Waals surface area contributed by atoms with Gasteiger partial charge in [-0.25, -0.2) is 9.59 Å². The number of carboxylic acid groups (broad SMARTS) is 1. The predicted octanol–water partition coefficient (Wildman–Crippen LogP) is 6.37. The third-order valence-electron chi connectivity index (χ3n) is 9.45. The number of alkyl carbamates (subject to hydrolysis) is 1. The maximum Gasteiger partial charge on any atom is 0.407 e. The van der Waals surface area contributed by atoms with Gasteiger partial charge in [0, 0.05) is 41.6 Å². The molecule has 5 rings (SSSR count). The largest absolute Gasteiger partial charge is 0.478 e. The summed E-state index contributed by atoms with van der Waals surface area (Å²) in [7, 11) is 0. The van der Waals surface area contributed by atoms with Crippen LogP contribution in [0.5, 0.6) is 0 Å². The number of carboxylic acids is 1. The van der Waals surface area contributed by atoms with E-state index >= 15 is 0 Å². The zero-order valence-electron chi connectivity index (χ0n) is 31.7. The van der Waals surface area contributed by atoms with E-state index in [0.717, 1.165) is 35.1 Å². The smallest absolute Gasteiger partial charge is 0.407 e. The van der Waals surface area contributed by atoms with Crippen molar-refractivity contribution in [3.63, 3.8) is 0 Å². The number of nitrogens with one attached hydrogen (secondary N) is 5. The van der Waals surface area contributed by atoms with Crippen LogP contribution in [0.2, 0.25) is 0 Å². The summed E-state index contributed by atoms with van der Waals surface area (Å²) in [4.78, 5) is 64.2. The van der Waals surface area contributed by atoms with E-state index in [-0.39, 0.29) is 47.4 Å². The second-order valence-corrected chi connectivity index (χ2v) is 15.4. The summed E-state index contributed by atoms with van der Waals surface area (Å²) >= 11 is 0. The number of hydrogen-bond donors (Lipinski definition) is 6. The van der Waals surface area contributed by atoms with Crippen molar-refractivity contribution in [1.29, 1.82) is 0 Å². The van der Waals surface area contributed by atoms with Gasteiger partial charge in [-0.2, -0.15) is 5.10 Å². The van der Waals surface area contributed by atoms with E-state index in [0.29, 0.717) is 35.9 Å². The van der Waals surface area contributed by atoms with Gasteiger partial charge in [0.2, 0.25) is 11.8 Å². The summed E-state index contributed by atoms with van der Waals surface area (Å²) in [6.07, 6.45) is 3.80. The van der Waals surface area contributed by atoms with Crippen LogP contribution >= 0.6 is 0 Å². The zero-order chi connectivity index (χ0) is 39.2. The molecule has 1 aromatic heterocycles. The van der Waals surface area contributed by atoms with Gasteiger partial charge in [0.15, 0.2) is 0 Å². The molecule has 1 heterocycles. The molecular formula is C41H50N6O7. The van der Waals surface area contributed by atoms with Crippen LogP contribution in [0.15, 0.2) is 60.8 Å². The van der Waals surface area contributed by atoms with Gasteiger partial charge in [-0.15, -0.1) is 0 Å². The highest BCUT2D eigenvalue weighted by Crippen LogP contribution is 2.30. The van der Waals surface area contributed by atoms with Crippen molar-refractivity contribution in [2.24, 2.45) is 11.8 Å². The Morgan fingerprint density at radius 1 is 0.944 bits per heavy atom. The fourth-order valence-electron chi connectivity index (χ4n) is 6.73. The Morgan fingerprint density at radius 3 is 2.28 bits per heavy atom. The van der Waals surface area contributed by atoms with Gasteiger partial charge >= 0.3 is 12.1 Å². The molecule has 6 N–H and O–H groups in total. The maximum absolute atomic E-state index is 13.9. The van der Waals surface area contributed by atoms with E-state index in [1.807, 2.05) is 77.9 Å². The summed E-state index contributed by atoms with van der Waals surface area (Å²) in [5, 5.41) is 28.4. The first kappa shape index (κ1) is 39.5. The van der Waals surface area contributed by atoms with Crippen molar-refractivity contribution < 1.29 is 33.8 Å². The van der Waals surface area contributed by atoms with Gasteiger partial charge in [0.05, 0.1) is 17.3 Å². The molecule has 1 aliphatic rings. The van der Waals surface area contributed by atoms with Crippen molar-refractivity contribution in [3.8, 4) is 11.1 Å². The quantitative estimate of drug-likeness (QED) is 0.0966. The molecule has 0 bridgehead atoms. The Kier molecular flexibility index (Phi) is 12.4. The lowest BCUT2D eigenvalue weighted by Gasteiger charge is -2.29. The maximum atomic E-state index is 13.9.